The van der Waals surface area contributed by atoms with Gasteiger partial charge in [0, 0.05) is 5.92 Å². The highest BCUT2D eigenvalue weighted by Gasteiger charge is 2.31. The van der Waals surface area contributed by atoms with Gasteiger partial charge in [0.25, 0.3) is 0 Å². The molecule has 0 bridgehead atoms. The van der Waals surface area contributed by atoms with Gasteiger partial charge < -0.3 is 5.11 Å². The van der Waals surface area contributed by atoms with Crippen LogP contribution in [0.3, 0.4) is 0 Å². The number of hydrogen-bond donors (Lipinski definition) is 1. The molecule has 1 aliphatic carbocycles. The normalized spacial score (nSPS) is 42.2. The van der Waals surface area contributed by atoms with E-state index < -0.39 is 0 Å². The molecular weight excluding hydrogens is 76.1 g/mol. The van der Waals surface area contributed by atoms with Crippen molar-refractivity contribution in [2.75, 3.05) is 0 Å². The Kier molecular flexibility index (Phi) is 0.701. The van der Waals surface area contributed by atoms with Gasteiger partial charge in [0.1, 0.15) is 0 Å². The Labute approximate surface area is 37.3 Å². The number of aliphatic hydroxyl groups excluding tert-OH is 1. The number of aliphatic hydroxyl groups is 1. The molecule has 0 aromatic rings. The van der Waals surface area contributed by atoms with E-state index in [1.54, 1.807) is 6.08 Å². The number of rotatable bonds is 1. The fraction of sp³-hybridized carbons (Fsp3) is 0.600. The zero-order chi connectivity index (χ0) is 4.57. The minimum Gasteiger partial charge on any atom is -0.392 e. The first-order valence-electron chi connectivity index (χ1n) is 2.15. The minimum absolute atomic E-state index is 0.0532. The lowest BCUT2D eigenvalue weighted by Crippen LogP contribution is -1.76. The van der Waals surface area contributed by atoms with Gasteiger partial charge in [-0.15, -0.1) is 6.58 Å². The Morgan fingerprint density at radius 3 is 2.33 bits per heavy atom. The van der Waals surface area contributed by atoms with Crippen LogP contribution in [0.25, 0.3) is 0 Å². The molecule has 0 aliphatic heterocycles. The zero-order valence-corrected chi connectivity index (χ0v) is 3.59. The van der Waals surface area contributed by atoms with Crippen LogP contribution in [-0.2, 0) is 0 Å². The molecule has 1 heteroatoms. The number of hydrogen-bond acceptors (Lipinski definition) is 1. The second kappa shape index (κ2) is 1.09. The van der Waals surface area contributed by atoms with Gasteiger partial charge in [0.15, 0.2) is 0 Å². The molecule has 1 fully saturated rings. The first kappa shape index (κ1) is 3.88. The van der Waals surface area contributed by atoms with Gasteiger partial charge in [-0.2, -0.15) is 0 Å². The molecule has 0 heterocycles. The van der Waals surface area contributed by atoms with Gasteiger partial charge in [-0.25, -0.2) is 0 Å². The van der Waals surface area contributed by atoms with Gasteiger partial charge in [-0.1, -0.05) is 6.08 Å². The van der Waals surface area contributed by atoms with Crippen molar-refractivity contribution in [1.82, 2.24) is 0 Å². The Hall–Kier alpha value is -0.300. The summed E-state index contributed by atoms with van der Waals surface area (Å²) in [7, 11) is 0. The molecule has 0 aromatic heterocycles. The van der Waals surface area contributed by atoms with Crippen LogP contribution >= 0.6 is 0 Å². The molecule has 0 saturated heterocycles. The van der Waals surface area contributed by atoms with E-state index in [1.807, 2.05) is 0 Å². The fourth-order valence-electron chi connectivity index (χ4n) is 0.454. The van der Waals surface area contributed by atoms with Crippen molar-refractivity contribution in [2.24, 2.45) is 5.92 Å². The lowest BCUT2D eigenvalue weighted by molar-refractivity contribution is 0.268. The summed E-state index contributed by atoms with van der Waals surface area (Å²) < 4.78 is 0. The lowest BCUT2D eigenvalue weighted by Gasteiger charge is -1.72. The summed E-state index contributed by atoms with van der Waals surface area (Å²) in [6, 6.07) is 0. The van der Waals surface area contributed by atoms with E-state index >= 15 is 0 Å². The predicted molar refractivity (Wildman–Crippen MR) is 24.3 cm³/mol. The lowest BCUT2D eigenvalue weighted by atomic mass is 10.4. The maximum Gasteiger partial charge on any atom is 0.0610 e. The van der Waals surface area contributed by atoms with Crippen LogP contribution in [0.4, 0.5) is 0 Å². The average molecular weight is 84.1 g/mol. The van der Waals surface area contributed by atoms with Crippen molar-refractivity contribution < 1.29 is 5.11 Å². The summed E-state index contributed by atoms with van der Waals surface area (Å²) in [6.07, 6.45) is 2.68. The Morgan fingerprint density at radius 2 is 2.33 bits per heavy atom. The van der Waals surface area contributed by atoms with Crippen molar-refractivity contribution >= 4 is 0 Å². The van der Waals surface area contributed by atoms with E-state index in [2.05, 4.69) is 6.58 Å². The molecule has 0 amide bonds. The Balaban J connectivity index is 2.25. The summed E-state index contributed by atoms with van der Waals surface area (Å²) in [5.41, 5.74) is 0. The molecular formula is C5H8O. The van der Waals surface area contributed by atoms with E-state index in [1.165, 1.54) is 0 Å². The molecule has 0 radical (unpaired) electrons. The third kappa shape index (κ3) is 0.455. The maximum atomic E-state index is 8.56. The molecule has 1 rings (SSSR count). The molecule has 1 aliphatic rings. The Morgan fingerprint density at radius 1 is 1.83 bits per heavy atom. The van der Waals surface area contributed by atoms with Gasteiger partial charge in [-0.05, 0) is 6.42 Å². The second-order valence-corrected chi connectivity index (χ2v) is 1.70. The van der Waals surface area contributed by atoms with Crippen molar-refractivity contribution in [3.8, 4) is 0 Å². The highest BCUT2D eigenvalue weighted by atomic mass is 16.3. The SMILES string of the molecule is C=CC1CC1O. The second-order valence-electron chi connectivity index (χ2n) is 1.70. The van der Waals surface area contributed by atoms with Crippen molar-refractivity contribution in [1.29, 1.82) is 0 Å². The van der Waals surface area contributed by atoms with Crippen LogP contribution in [0.15, 0.2) is 12.7 Å². The largest absolute Gasteiger partial charge is 0.392 e. The summed E-state index contributed by atoms with van der Waals surface area (Å²) >= 11 is 0. The molecule has 34 valence electrons. The quantitative estimate of drug-likeness (QED) is 0.460. The minimum atomic E-state index is -0.0532. The molecule has 0 aromatic carbocycles. The highest BCUT2D eigenvalue weighted by Crippen LogP contribution is 2.30. The van der Waals surface area contributed by atoms with Crippen molar-refractivity contribution in [3.05, 3.63) is 12.7 Å². The highest BCUT2D eigenvalue weighted by molar-refractivity contribution is 4.97. The van der Waals surface area contributed by atoms with E-state index in [4.69, 9.17) is 5.11 Å². The van der Waals surface area contributed by atoms with E-state index in [9.17, 15) is 0 Å². The monoisotopic (exact) mass is 84.1 g/mol. The molecule has 1 nitrogen and oxygen atoms in total. The van der Waals surface area contributed by atoms with Gasteiger partial charge in [0.2, 0.25) is 0 Å². The molecule has 2 unspecified atom stereocenters. The standard InChI is InChI=1S/C5H8O/c1-2-4-3-5(4)6/h2,4-6H,1,3H2. The molecule has 1 saturated carbocycles. The molecule has 6 heavy (non-hydrogen) atoms. The van der Waals surface area contributed by atoms with Crippen LogP contribution in [0.1, 0.15) is 6.42 Å². The summed E-state index contributed by atoms with van der Waals surface area (Å²) in [4.78, 5) is 0. The van der Waals surface area contributed by atoms with Gasteiger partial charge in [-0.3, -0.25) is 0 Å². The maximum absolute atomic E-state index is 8.56. The van der Waals surface area contributed by atoms with E-state index in [0.717, 1.165) is 6.42 Å². The zero-order valence-electron chi connectivity index (χ0n) is 3.59. The smallest absolute Gasteiger partial charge is 0.0610 e. The first-order valence-corrected chi connectivity index (χ1v) is 2.15. The van der Waals surface area contributed by atoms with Crippen LogP contribution in [0, 0.1) is 5.92 Å². The van der Waals surface area contributed by atoms with E-state index in [-0.39, 0.29) is 6.10 Å². The third-order valence-corrected chi connectivity index (χ3v) is 1.11. The molecule has 2 atom stereocenters. The van der Waals surface area contributed by atoms with Crippen LogP contribution in [0.2, 0.25) is 0 Å². The topological polar surface area (TPSA) is 20.2 Å². The first-order chi connectivity index (χ1) is 2.84. The fourth-order valence-corrected chi connectivity index (χ4v) is 0.454. The molecule has 0 spiro atoms. The molecule has 1 N–H and O–H groups in total. The van der Waals surface area contributed by atoms with Crippen molar-refractivity contribution in [2.45, 2.75) is 12.5 Å². The summed E-state index contributed by atoms with van der Waals surface area (Å²) in [5, 5.41) is 8.56. The Bertz CT molecular complexity index is 68.3. The van der Waals surface area contributed by atoms with Crippen LogP contribution in [0.5, 0.6) is 0 Å². The summed E-state index contributed by atoms with van der Waals surface area (Å²) in [6.45, 7) is 3.51. The van der Waals surface area contributed by atoms with Crippen LogP contribution < -0.4 is 0 Å². The van der Waals surface area contributed by atoms with Gasteiger partial charge >= 0.3 is 0 Å². The average Bonchev–Trinajstić information content (AvgIpc) is 2.19. The van der Waals surface area contributed by atoms with Crippen molar-refractivity contribution in [3.63, 3.8) is 0 Å². The predicted octanol–water partition coefficient (Wildman–Crippen LogP) is 0.553. The summed E-state index contributed by atoms with van der Waals surface area (Å²) in [5.74, 6) is 0.421. The van der Waals surface area contributed by atoms with E-state index in [0.29, 0.717) is 5.92 Å². The van der Waals surface area contributed by atoms with Crippen LogP contribution in [-0.4, -0.2) is 11.2 Å². The third-order valence-electron chi connectivity index (χ3n) is 1.11. The van der Waals surface area contributed by atoms with Gasteiger partial charge in [0.05, 0.1) is 6.10 Å².